The van der Waals surface area contributed by atoms with E-state index in [1.807, 2.05) is 0 Å². The van der Waals surface area contributed by atoms with E-state index in [4.69, 9.17) is 21.1 Å². The van der Waals surface area contributed by atoms with Gasteiger partial charge < -0.3 is 19.9 Å². The number of ether oxygens (including phenoxy) is 2. The largest absolute Gasteiger partial charge is 0.507 e. The number of amides is 2. The molecule has 36 heavy (non-hydrogen) atoms. The first-order valence-electron chi connectivity index (χ1n) is 10.8. The number of rotatable bonds is 6. The van der Waals surface area contributed by atoms with Crippen LogP contribution in [0.5, 0.6) is 11.5 Å². The highest BCUT2D eigenvalue weighted by molar-refractivity contribution is 6.51. The number of nitrogens with zero attached hydrogens (tertiary/aromatic N) is 2. The van der Waals surface area contributed by atoms with Crippen LogP contribution in [0.3, 0.4) is 0 Å². The maximum absolute atomic E-state index is 13.4. The first-order chi connectivity index (χ1) is 17.3. The molecule has 3 aromatic rings. The molecule has 0 radical (unpaired) electrons. The molecular formula is C26H22ClN3O6. The van der Waals surface area contributed by atoms with Crippen molar-refractivity contribution in [1.29, 1.82) is 0 Å². The van der Waals surface area contributed by atoms with Crippen LogP contribution in [0.25, 0.3) is 5.76 Å². The van der Waals surface area contributed by atoms with Gasteiger partial charge in [0.05, 0.1) is 36.1 Å². The number of aliphatic hydroxyl groups is 1. The molecule has 2 N–H and O–H groups in total. The van der Waals surface area contributed by atoms with E-state index in [1.165, 1.54) is 44.4 Å². The Bertz CT molecular complexity index is 1390. The van der Waals surface area contributed by atoms with Gasteiger partial charge in [-0.1, -0.05) is 23.7 Å². The zero-order chi connectivity index (χ0) is 26.0. The number of benzene rings is 2. The number of carbonyl (C=O) groups excluding carboxylic acids is 3. The Morgan fingerprint density at radius 2 is 1.81 bits per heavy atom. The smallest absolute Gasteiger partial charge is 0.300 e. The molecule has 0 saturated carbocycles. The summed E-state index contributed by atoms with van der Waals surface area (Å²) in [5.41, 5.74) is 1.03. The molecule has 1 aliphatic rings. The van der Waals surface area contributed by atoms with E-state index in [1.54, 1.807) is 42.5 Å². The number of anilines is 2. The highest BCUT2D eigenvalue weighted by Crippen LogP contribution is 2.44. The summed E-state index contributed by atoms with van der Waals surface area (Å²) in [6.45, 7) is 1.36. The number of hydrogen-bond donors (Lipinski definition) is 2. The van der Waals surface area contributed by atoms with E-state index >= 15 is 0 Å². The SMILES string of the molecule is COc1cc(OC)c(/C(O)=C2\C(=O)C(=O)N(c3cccc(NC(C)=O)c3)C2c2ccccn2)cc1Cl. The van der Waals surface area contributed by atoms with Gasteiger partial charge in [-0.25, -0.2) is 0 Å². The Hall–Kier alpha value is -4.37. The number of aromatic nitrogens is 1. The number of halogens is 1. The van der Waals surface area contributed by atoms with Gasteiger partial charge >= 0.3 is 0 Å². The van der Waals surface area contributed by atoms with Gasteiger partial charge in [0.15, 0.2) is 0 Å². The summed E-state index contributed by atoms with van der Waals surface area (Å²) in [6.07, 6.45) is 1.52. The van der Waals surface area contributed by atoms with Crippen LogP contribution < -0.4 is 19.7 Å². The summed E-state index contributed by atoms with van der Waals surface area (Å²) >= 11 is 6.29. The molecule has 4 rings (SSSR count). The van der Waals surface area contributed by atoms with Gasteiger partial charge in [0.25, 0.3) is 11.7 Å². The van der Waals surface area contributed by atoms with Crippen LogP contribution in [0.4, 0.5) is 11.4 Å². The maximum Gasteiger partial charge on any atom is 0.300 e. The number of Topliss-reactive ketones (excluding diaryl/α,β-unsaturated/α-hetero) is 1. The van der Waals surface area contributed by atoms with Crippen molar-refractivity contribution in [1.82, 2.24) is 4.98 Å². The number of hydrogen-bond acceptors (Lipinski definition) is 7. The Morgan fingerprint density at radius 1 is 1.06 bits per heavy atom. The maximum atomic E-state index is 13.4. The predicted octanol–water partition coefficient (Wildman–Crippen LogP) is 4.34. The minimum atomic E-state index is -1.07. The molecule has 2 heterocycles. The molecule has 1 aliphatic heterocycles. The second kappa shape index (κ2) is 10.1. The molecule has 1 unspecified atom stereocenters. The van der Waals surface area contributed by atoms with Crippen LogP contribution in [0.1, 0.15) is 24.2 Å². The minimum absolute atomic E-state index is 0.106. The molecule has 1 fully saturated rings. The van der Waals surface area contributed by atoms with Crippen molar-refractivity contribution in [2.24, 2.45) is 0 Å². The Balaban J connectivity index is 1.95. The minimum Gasteiger partial charge on any atom is -0.507 e. The van der Waals surface area contributed by atoms with E-state index in [-0.39, 0.29) is 27.8 Å². The second-order valence-electron chi connectivity index (χ2n) is 7.84. The normalized spacial score (nSPS) is 16.7. The van der Waals surface area contributed by atoms with E-state index in [0.29, 0.717) is 22.8 Å². The zero-order valence-corrected chi connectivity index (χ0v) is 20.4. The fourth-order valence-corrected chi connectivity index (χ4v) is 4.28. The fourth-order valence-electron chi connectivity index (χ4n) is 4.04. The van der Waals surface area contributed by atoms with Gasteiger partial charge in [0, 0.05) is 30.6 Å². The van der Waals surface area contributed by atoms with E-state index < -0.39 is 23.5 Å². The van der Waals surface area contributed by atoms with Crippen LogP contribution in [0.15, 0.2) is 66.4 Å². The molecule has 1 saturated heterocycles. The lowest BCUT2D eigenvalue weighted by atomic mass is 9.97. The van der Waals surface area contributed by atoms with Crippen molar-refractivity contribution in [3.63, 3.8) is 0 Å². The lowest BCUT2D eigenvalue weighted by Crippen LogP contribution is -2.30. The summed E-state index contributed by atoms with van der Waals surface area (Å²) in [4.78, 5) is 43.8. The Labute approximate surface area is 211 Å². The van der Waals surface area contributed by atoms with E-state index in [9.17, 15) is 19.5 Å². The number of methoxy groups -OCH3 is 2. The first-order valence-corrected chi connectivity index (χ1v) is 11.2. The van der Waals surface area contributed by atoms with Gasteiger partial charge in [-0.15, -0.1) is 0 Å². The van der Waals surface area contributed by atoms with Crippen LogP contribution in [-0.2, 0) is 14.4 Å². The lowest BCUT2D eigenvalue weighted by molar-refractivity contribution is -0.132. The van der Waals surface area contributed by atoms with Crippen LogP contribution >= 0.6 is 11.6 Å². The molecule has 10 heteroatoms. The number of aliphatic hydroxyl groups excluding tert-OH is 1. The highest BCUT2D eigenvalue weighted by Gasteiger charge is 2.48. The predicted molar refractivity (Wildman–Crippen MR) is 134 cm³/mol. The van der Waals surface area contributed by atoms with E-state index in [2.05, 4.69) is 10.3 Å². The van der Waals surface area contributed by atoms with Crippen molar-refractivity contribution in [2.75, 3.05) is 24.4 Å². The summed E-state index contributed by atoms with van der Waals surface area (Å²) < 4.78 is 10.6. The quantitative estimate of drug-likeness (QED) is 0.289. The summed E-state index contributed by atoms with van der Waals surface area (Å²) in [7, 11) is 2.82. The summed E-state index contributed by atoms with van der Waals surface area (Å²) in [5, 5.41) is 14.2. The van der Waals surface area contributed by atoms with Crippen LogP contribution in [0.2, 0.25) is 5.02 Å². The van der Waals surface area contributed by atoms with Gasteiger partial charge in [0.1, 0.15) is 23.3 Å². The Morgan fingerprint density at radius 3 is 2.44 bits per heavy atom. The monoisotopic (exact) mass is 507 g/mol. The molecular weight excluding hydrogens is 486 g/mol. The topological polar surface area (TPSA) is 118 Å². The average Bonchev–Trinajstić information content (AvgIpc) is 3.14. The molecule has 184 valence electrons. The van der Waals surface area contributed by atoms with Crippen molar-refractivity contribution >= 4 is 46.3 Å². The van der Waals surface area contributed by atoms with Gasteiger partial charge in [0.2, 0.25) is 5.91 Å². The number of ketones is 1. The molecule has 2 aromatic carbocycles. The van der Waals surface area contributed by atoms with Gasteiger partial charge in [-0.3, -0.25) is 24.3 Å². The molecule has 1 atom stereocenters. The average molecular weight is 508 g/mol. The fraction of sp³-hybridized carbons (Fsp3) is 0.154. The molecule has 9 nitrogen and oxygen atoms in total. The summed E-state index contributed by atoms with van der Waals surface area (Å²) in [6, 6.07) is 13.3. The number of nitrogens with one attached hydrogen (secondary N) is 1. The van der Waals surface area contributed by atoms with Crippen molar-refractivity contribution in [3.05, 3.63) is 82.6 Å². The zero-order valence-electron chi connectivity index (χ0n) is 19.6. The Kier molecular flexibility index (Phi) is 6.93. The lowest BCUT2D eigenvalue weighted by Gasteiger charge is -2.25. The summed E-state index contributed by atoms with van der Waals surface area (Å²) in [5.74, 6) is -2.06. The van der Waals surface area contributed by atoms with Gasteiger partial charge in [-0.2, -0.15) is 0 Å². The molecule has 0 bridgehead atoms. The molecule has 0 aliphatic carbocycles. The third-order valence-corrected chi connectivity index (χ3v) is 5.88. The van der Waals surface area contributed by atoms with E-state index in [0.717, 1.165) is 0 Å². The molecule has 0 spiro atoms. The van der Waals surface area contributed by atoms with Crippen LogP contribution in [0, 0.1) is 0 Å². The first kappa shape index (κ1) is 24.7. The van der Waals surface area contributed by atoms with Gasteiger partial charge in [-0.05, 0) is 36.4 Å². The standard InChI is InChI=1S/C26H22ClN3O6/c1-14(31)29-15-7-6-8-16(11-15)30-23(19-9-4-5-10-28-19)22(25(33)26(30)34)24(32)17-12-18(27)21(36-3)13-20(17)35-2/h4-13,23,32H,1-3H3,(H,29,31)/b24-22+. The molecule has 2 amide bonds. The van der Waals surface area contributed by atoms with Crippen molar-refractivity contribution in [2.45, 2.75) is 13.0 Å². The second-order valence-corrected chi connectivity index (χ2v) is 8.25. The van der Waals surface area contributed by atoms with Crippen molar-refractivity contribution < 1.29 is 29.0 Å². The van der Waals surface area contributed by atoms with Crippen LogP contribution in [-0.4, -0.2) is 41.9 Å². The number of pyridine rings is 1. The third-order valence-electron chi connectivity index (χ3n) is 5.59. The highest BCUT2D eigenvalue weighted by atomic mass is 35.5. The third kappa shape index (κ3) is 4.48. The number of carbonyl (C=O) groups is 3. The van der Waals surface area contributed by atoms with Crippen molar-refractivity contribution in [3.8, 4) is 11.5 Å². The molecule has 1 aromatic heterocycles.